The zero-order chi connectivity index (χ0) is 10.6. The standard InChI is InChI=1S/C12H25NO/c1-4-11-5-6-12(14,7-11)9-13-8-10(2)3/h10-11,13-14H,4-9H2,1-3H3. The first-order valence-electron chi connectivity index (χ1n) is 5.99. The van der Waals surface area contributed by atoms with Crippen LogP contribution in [-0.4, -0.2) is 23.8 Å². The van der Waals surface area contributed by atoms with E-state index in [0.717, 1.165) is 31.8 Å². The molecule has 2 atom stereocenters. The zero-order valence-corrected chi connectivity index (χ0v) is 9.84. The summed E-state index contributed by atoms with van der Waals surface area (Å²) in [5.74, 6) is 1.42. The highest BCUT2D eigenvalue weighted by Gasteiger charge is 2.35. The van der Waals surface area contributed by atoms with E-state index in [1.54, 1.807) is 0 Å². The maximum Gasteiger partial charge on any atom is 0.0774 e. The summed E-state index contributed by atoms with van der Waals surface area (Å²) in [5, 5.41) is 13.6. The number of nitrogens with one attached hydrogen (secondary N) is 1. The van der Waals surface area contributed by atoms with E-state index >= 15 is 0 Å². The lowest BCUT2D eigenvalue weighted by Crippen LogP contribution is -2.39. The highest BCUT2D eigenvalue weighted by atomic mass is 16.3. The minimum absolute atomic E-state index is 0.407. The van der Waals surface area contributed by atoms with Gasteiger partial charge in [0, 0.05) is 6.54 Å². The smallest absolute Gasteiger partial charge is 0.0774 e. The van der Waals surface area contributed by atoms with Gasteiger partial charge in [-0.2, -0.15) is 0 Å². The fraction of sp³-hybridized carbons (Fsp3) is 1.00. The molecule has 0 saturated heterocycles. The summed E-state index contributed by atoms with van der Waals surface area (Å²) in [5.41, 5.74) is -0.407. The third-order valence-electron chi connectivity index (χ3n) is 3.27. The van der Waals surface area contributed by atoms with E-state index in [1.807, 2.05) is 0 Å². The molecule has 84 valence electrons. The van der Waals surface area contributed by atoms with Crippen molar-refractivity contribution in [3.63, 3.8) is 0 Å². The molecular weight excluding hydrogens is 174 g/mol. The van der Waals surface area contributed by atoms with Crippen LogP contribution in [0.1, 0.15) is 46.5 Å². The Balaban J connectivity index is 2.23. The predicted octanol–water partition coefficient (Wildman–Crippen LogP) is 2.17. The first-order chi connectivity index (χ1) is 6.56. The highest BCUT2D eigenvalue weighted by Crippen LogP contribution is 2.35. The minimum Gasteiger partial charge on any atom is -0.389 e. The van der Waals surface area contributed by atoms with Crippen molar-refractivity contribution in [3.8, 4) is 0 Å². The maximum atomic E-state index is 10.2. The maximum absolute atomic E-state index is 10.2. The molecule has 0 amide bonds. The van der Waals surface area contributed by atoms with Gasteiger partial charge in [0.05, 0.1) is 5.60 Å². The number of rotatable bonds is 5. The van der Waals surface area contributed by atoms with Gasteiger partial charge in [0.15, 0.2) is 0 Å². The molecule has 1 saturated carbocycles. The van der Waals surface area contributed by atoms with Gasteiger partial charge >= 0.3 is 0 Å². The summed E-state index contributed by atoms with van der Waals surface area (Å²) < 4.78 is 0. The van der Waals surface area contributed by atoms with Crippen LogP contribution in [0.25, 0.3) is 0 Å². The van der Waals surface area contributed by atoms with Crippen molar-refractivity contribution in [2.45, 2.75) is 52.1 Å². The molecule has 2 unspecified atom stereocenters. The molecule has 1 aliphatic carbocycles. The molecule has 2 N–H and O–H groups in total. The quantitative estimate of drug-likeness (QED) is 0.711. The van der Waals surface area contributed by atoms with Crippen molar-refractivity contribution in [2.75, 3.05) is 13.1 Å². The monoisotopic (exact) mass is 199 g/mol. The van der Waals surface area contributed by atoms with Crippen molar-refractivity contribution in [1.29, 1.82) is 0 Å². The van der Waals surface area contributed by atoms with Gasteiger partial charge < -0.3 is 10.4 Å². The third-order valence-corrected chi connectivity index (χ3v) is 3.27. The first kappa shape index (κ1) is 12.0. The van der Waals surface area contributed by atoms with Gasteiger partial charge in [0.2, 0.25) is 0 Å². The molecule has 0 radical (unpaired) electrons. The lowest BCUT2D eigenvalue weighted by atomic mass is 9.99. The molecule has 0 aromatic carbocycles. The number of hydrogen-bond donors (Lipinski definition) is 2. The van der Waals surface area contributed by atoms with Crippen LogP contribution in [0.5, 0.6) is 0 Å². The SMILES string of the molecule is CCC1CCC(O)(CNCC(C)C)C1. The van der Waals surface area contributed by atoms with Gasteiger partial charge in [-0.25, -0.2) is 0 Å². The van der Waals surface area contributed by atoms with Crippen LogP contribution in [0, 0.1) is 11.8 Å². The third kappa shape index (κ3) is 3.58. The summed E-state index contributed by atoms with van der Waals surface area (Å²) in [6.07, 6.45) is 4.40. The number of aliphatic hydroxyl groups is 1. The molecule has 1 fully saturated rings. The second-order valence-corrected chi connectivity index (χ2v) is 5.27. The van der Waals surface area contributed by atoms with Crippen molar-refractivity contribution in [1.82, 2.24) is 5.32 Å². The molecule has 0 aromatic heterocycles. The molecular formula is C12H25NO. The normalized spacial score (nSPS) is 32.8. The van der Waals surface area contributed by atoms with Gasteiger partial charge in [0.1, 0.15) is 0 Å². The minimum atomic E-state index is -0.407. The van der Waals surface area contributed by atoms with Crippen LogP contribution in [0.2, 0.25) is 0 Å². The van der Waals surface area contributed by atoms with Crippen molar-refractivity contribution >= 4 is 0 Å². The molecule has 2 nitrogen and oxygen atoms in total. The Hall–Kier alpha value is -0.0800. The molecule has 0 heterocycles. The summed E-state index contributed by atoms with van der Waals surface area (Å²) in [4.78, 5) is 0. The van der Waals surface area contributed by atoms with Gasteiger partial charge in [-0.3, -0.25) is 0 Å². The second-order valence-electron chi connectivity index (χ2n) is 5.27. The Labute approximate surface area is 88.1 Å². The van der Waals surface area contributed by atoms with E-state index in [4.69, 9.17) is 0 Å². The van der Waals surface area contributed by atoms with Crippen LogP contribution in [0.4, 0.5) is 0 Å². The second kappa shape index (κ2) is 5.13. The molecule has 0 aromatic rings. The van der Waals surface area contributed by atoms with Crippen molar-refractivity contribution in [2.24, 2.45) is 11.8 Å². The summed E-state index contributed by atoms with van der Waals surface area (Å²) in [7, 11) is 0. The number of hydrogen-bond acceptors (Lipinski definition) is 2. The fourth-order valence-corrected chi connectivity index (χ4v) is 2.32. The lowest BCUT2D eigenvalue weighted by molar-refractivity contribution is 0.0429. The Morgan fingerprint density at radius 1 is 1.50 bits per heavy atom. The summed E-state index contributed by atoms with van der Waals surface area (Å²) in [6.45, 7) is 8.40. The predicted molar refractivity (Wildman–Crippen MR) is 60.3 cm³/mol. The van der Waals surface area contributed by atoms with Crippen LogP contribution >= 0.6 is 0 Å². The van der Waals surface area contributed by atoms with E-state index in [0.29, 0.717) is 5.92 Å². The van der Waals surface area contributed by atoms with Crippen LogP contribution in [0.15, 0.2) is 0 Å². The van der Waals surface area contributed by atoms with E-state index in [-0.39, 0.29) is 0 Å². The van der Waals surface area contributed by atoms with E-state index in [1.165, 1.54) is 12.8 Å². The van der Waals surface area contributed by atoms with E-state index < -0.39 is 5.60 Å². The average molecular weight is 199 g/mol. The van der Waals surface area contributed by atoms with Crippen LogP contribution in [0.3, 0.4) is 0 Å². The zero-order valence-electron chi connectivity index (χ0n) is 9.84. The van der Waals surface area contributed by atoms with E-state index in [2.05, 4.69) is 26.1 Å². The molecule has 0 spiro atoms. The molecule has 0 aliphatic heterocycles. The Kier molecular flexibility index (Phi) is 4.39. The van der Waals surface area contributed by atoms with Crippen molar-refractivity contribution < 1.29 is 5.11 Å². The van der Waals surface area contributed by atoms with E-state index in [9.17, 15) is 5.11 Å². The van der Waals surface area contributed by atoms with Gasteiger partial charge in [-0.15, -0.1) is 0 Å². The molecule has 0 bridgehead atoms. The molecule has 1 aliphatic rings. The van der Waals surface area contributed by atoms with Crippen LogP contribution < -0.4 is 5.32 Å². The van der Waals surface area contributed by atoms with Gasteiger partial charge in [-0.05, 0) is 37.6 Å². The molecule has 1 rings (SSSR count). The Morgan fingerprint density at radius 3 is 2.71 bits per heavy atom. The van der Waals surface area contributed by atoms with Crippen molar-refractivity contribution in [3.05, 3.63) is 0 Å². The van der Waals surface area contributed by atoms with Gasteiger partial charge in [0.25, 0.3) is 0 Å². The summed E-state index contributed by atoms with van der Waals surface area (Å²) in [6, 6.07) is 0. The molecule has 14 heavy (non-hydrogen) atoms. The lowest BCUT2D eigenvalue weighted by Gasteiger charge is -2.23. The molecule has 2 heteroatoms. The highest BCUT2D eigenvalue weighted by molar-refractivity contribution is 4.90. The first-order valence-corrected chi connectivity index (χ1v) is 5.99. The van der Waals surface area contributed by atoms with Gasteiger partial charge in [-0.1, -0.05) is 27.2 Å². The average Bonchev–Trinajstić information content (AvgIpc) is 2.47. The summed E-state index contributed by atoms with van der Waals surface area (Å²) >= 11 is 0. The Morgan fingerprint density at radius 2 is 2.21 bits per heavy atom. The fourth-order valence-electron chi connectivity index (χ4n) is 2.32. The largest absolute Gasteiger partial charge is 0.389 e. The topological polar surface area (TPSA) is 32.3 Å². The van der Waals surface area contributed by atoms with Crippen LogP contribution in [-0.2, 0) is 0 Å². The Bertz CT molecular complexity index is 170.